The Kier molecular flexibility index (Phi) is 4.17. The lowest BCUT2D eigenvalue weighted by atomic mass is 9.85. The highest BCUT2D eigenvalue weighted by Crippen LogP contribution is 2.30. The van der Waals surface area contributed by atoms with Crippen molar-refractivity contribution in [1.29, 1.82) is 0 Å². The summed E-state index contributed by atoms with van der Waals surface area (Å²) in [4.78, 5) is 11.1. The Bertz CT molecular complexity index is 405. The van der Waals surface area contributed by atoms with E-state index >= 15 is 0 Å². The number of anilines is 1. The largest absolute Gasteiger partial charge is 0.356 e. The minimum Gasteiger partial charge on any atom is -0.356 e. The van der Waals surface area contributed by atoms with E-state index in [0.717, 1.165) is 23.1 Å². The van der Waals surface area contributed by atoms with E-state index in [-0.39, 0.29) is 0 Å². The summed E-state index contributed by atoms with van der Waals surface area (Å²) in [5, 5.41) is 0. The van der Waals surface area contributed by atoms with Crippen molar-refractivity contribution in [2.24, 2.45) is 11.7 Å². The van der Waals surface area contributed by atoms with Gasteiger partial charge in [0.05, 0.1) is 0 Å². The number of rotatable bonds is 3. The van der Waals surface area contributed by atoms with Crippen LogP contribution < -0.4 is 10.6 Å². The van der Waals surface area contributed by atoms with E-state index in [1.54, 1.807) is 0 Å². The second-order valence-corrected chi connectivity index (χ2v) is 5.41. The van der Waals surface area contributed by atoms with Gasteiger partial charge in [0.2, 0.25) is 0 Å². The Labute approximate surface area is 110 Å². The topological polar surface area (TPSA) is 55.0 Å². The summed E-state index contributed by atoms with van der Waals surface area (Å²) in [5.74, 6) is 2.56. The standard InChI is InChI=1S/C14H24N4/c1-10-6-4-5-7-13(10)18(3)14-12(8-15)9-16-11(2)17-14/h9-10,13H,4-8,15H2,1-3H3. The maximum atomic E-state index is 5.80. The number of hydrogen-bond donors (Lipinski definition) is 1. The van der Waals surface area contributed by atoms with Gasteiger partial charge >= 0.3 is 0 Å². The summed E-state index contributed by atoms with van der Waals surface area (Å²) < 4.78 is 0. The number of hydrogen-bond acceptors (Lipinski definition) is 4. The summed E-state index contributed by atoms with van der Waals surface area (Å²) in [7, 11) is 2.15. The molecule has 2 unspecified atom stereocenters. The molecule has 1 fully saturated rings. The molecule has 4 nitrogen and oxygen atoms in total. The van der Waals surface area contributed by atoms with E-state index in [1.807, 2.05) is 13.1 Å². The van der Waals surface area contributed by atoms with Gasteiger partial charge in [-0.3, -0.25) is 0 Å². The van der Waals surface area contributed by atoms with Crippen molar-refractivity contribution >= 4 is 5.82 Å². The maximum absolute atomic E-state index is 5.80. The Hall–Kier alpha value is -1.16. The molecule has 0 aromatic carbocycles. The van der Waals surface area contributed by atoms with Crippen LogP contribution in [0.25, 0.3) is 0 Å². The third-order valence-corrected chi connectivity index (χ3v) is 4.08. The number of nitrogens with two attached hydrogens (primary N) is 1. The van der Waals surface area contributed by atoms with Gasteiger partial charge in [-0.25, -0.2) is 9.97 Å². The molecule has 2 N–H and O–H groups in total. The van der Waals surface area contributed by atoms with Gasteiger partial charge in [-0.1, -0.05) is 19.8 Å². The predicted octanol–water partition coefficient (Wildman–Crippen LogP) is 2.26. The molecule has 0 aliphatic heterocycles. The molecule has 0 radical (unpaired) electrons. The highest BCUT2D eigenvalue weighted by atomic mass is 15.2. The van der Waals surface area contributed by atoms with Gasteiger partial charge < -0.3 is 10.6 Å². The van der Waals surface area contributed by atoms with Gasteiger partial charge in [-0.2, -0.15) is 0 Å². The van der Waals surface area contributed by atoms with Crippen LogP contribution in [0, 0.1) is 12.8 Å². The van der Waals surface area contributed by atoms with Gasteiger partial charge in [-0.05, 0) is 25.7 Å². The molecular weight excluding hydrogens is 224 g/mol. The van der Waals surface area contributed by atoms with Crippen LogP contribution in [0.3, 0.4) is 0 Å². The molecule has 0 bridgehead atoms. The fourth-order valence-corrected chi connectivity index (χ4v) is 2.96. The smallest absolute Gasteiger partial charge is 0.136 e. The fraction of sp³-hybridized carbons (Fsp3) is 0.714. The van der Waals surface area contributed by atoms with Crippen LogP contribution in [-0.4, -0.2) is 23.1 Å². The minimum absolute atomic E-state index is 0.501. The Balaban J connectivity index is 2.26. The first-order chi connectivity index (χ1) is 8.63. The van der Waals surface area contributed by atoms with Crippen molar-refractivity contribution in [3.63, 3.8) is 0 Å². The van der Waals surface area contributed by atoms with Crippen LogP contribution >= 0.6 is 0 Å². The summed E-state index contributed by atoms with van der Waals surface area (Å²) in [6.07, 6.45) is 7.11. The first-order valence-electron chi connectivity index (χ1n) is 6.89. The third-order valence-electron chi connectivity index (χ3n) is 4.08. The molecule has 1 saturated carbocycles. The Morgan fingerprint density at radius 3 is 2.78 bits per heavy atom. The molecule has 1 aliphatic carbocycles. The van der Waals surface area contributed by atoms with Gasteiger partial charge in [0.1, 0.15) is 11.6 Å². The summed E-state index contributed by atoms with van der Waals surface area (Å²) in [5.41, 5.74) is 6.84. The van der Waals surface area contributed by atoms with Gasteiger partial charge in [-0.15, -0.1) is 0 Å². The Morgan fingerprint density at radius 1 is 1.39 bits per heavy atom. The average Bonchev–Trinajstić information content (AvgIpc) is 2.38. The van der Waals surface area contributed by atoms with Crippen LogP contribution in [0.15, 0.2) is 6.20 Å². The van der Waals surface area contributed by atoms with Crippen molar-refractivity contribution in [3.05, 3.63) is 17.6 Å². The Morgan fingerprint density at radius 2 is 2.11 bits per heavy atom. The molecular formula is C14H24N4. The van der Waals surface area contributed by atoms with E-state index < -0.39 is 0 Å². The van der Waals surface area contributed by atoms with Crippen LogP contribution in [0.1, 0.15) is 44.0 Å². The van der Waals surface area contributed by atoms with Crippen molar-refractivity contribution in [2.75, 3.05) is 11.9 Å². The van der Waals surface area contributed by atoms with Gasteiger partial charge in [0.25, 0.3) is 0 Å². The molecule has 4 heteroatoms. The van der Waals surface area contributed by atoms with Gasteiger partial charge in [0.15, 0.2) is 0 Å². The minimum atomic E-state index is 0.501. The summed E-state index contributed by atoms with van der Waals surface area (Å²) >= 11 is 0. The number of aryl methyl sites for hydroxylation is 1. The van der Waals surface area contributed by atoms with Crippen LogP contribution in [0.4, 0.5) is 5.82 Å². The second kappa shape index (κ2) is 5.65. The molecule has 100 valence electrons. The first-order valence-corrected chi connectivity index (χ1v) is 6.89. The first kappa shape index (κ1) is 13.3. The van der Waals surface area contributed by atoms with Crippen molar-refractivity contribution in [1.82, 2.24) is 9.97 Å². The highest BCUT2D eigenvalue weighted by molar-refractivity contribution is 5.46. The van der Waals surface area contributed by atoms with Crippen molar-refractivity contribution in [3.8, 4) is 0 Å². The van der Waals surface area contributed by atoms with Crippen LogP contribution in [0.5, 0.6) is 0 Å². The van der Waals surface area contributed by atoms with Crippen molar-refractivity contribution in [2.45, 2.75) is 52.1 Å². The summed E-state index contributed by atoms with van der Waals surface area (Å²) in [6.45, 7) is 4.78. The molecule has 1 aromatic heterocycles. The molecule has 18 heavy (non-hydrogen) atoms. The molecule has 1 aromatic rings. The normalized spacial score (nSPS) is 24.0. The maximum Gasteiger partial charge on any atom is 0.136 e. The lowest BCUT2D eigenvalue weighted by Gasteiger charge is -2.37. The number of nitrogens with zero attached hydrogens (tertiary/aromatic N) is 3. The molecule has 0 spiro atoms. The SMILES string of the molecule is Cc1ncc(CN)c(N(C)C2CCCCC2C)n1. The van der Waals surface area contributed by atoms with Crippen LogP contribution in [-0.2, 0) is 6.54 Å². The monoisotopic (exact) mass is 248 g/mol. The molecule has 1 heterocycles. The molecule has 0 amide bonds. The number of aromatic nitrogens is 2. The van der Waals surface area contributed by atoms with E-state index in [0.29, 0.717) is 12.6 Å². The van der Waals surface area contributed by atoms with Crippen LogP contribution in [0.2, 0.25) is 0 Å². The van der Waals surface area contributed by atoms with E-state index in [9.17, 15) is 0 Å². The lowest BCUT2D eigenvalue weighted by Crippen LogP contribution is -2.40. The van der Waals surface area contributed by atoms with E-state index in [2.05, 4.69) is 28.8 Å². The second-order valence-electron chi connectivity index (χ2n) is 5.41. The van der Waals surface area contributed by atoms with E-state index in [1.165, 1.54) is 25.7 Å². The lowest BCUT2D eigenvalue weighted by molar-refractivity contribution is 0.320. The molecule has 1 aliphatic rings. The highest BCUT2D eigenvalue weighted by Gasteiger charge is 2.26. The zero-order valence-electron chi connectivity index (χ0n) is 11.7. The van der Waals surface area contributed by atoms with Crippen molar-refractivity contribution < 1.29 is 0 Å². The fourth-order valence-electron chi connectivity index (χ4n) is 2.96. The zero-order valence-corrected chi connectivity index (χ0v) is 11.7. The molecule has 0 saturated heterocycles. The zero-order chi connectivity index (χ0) is 13.1. The van der Waals surface area contributed by atoms with E-state index in [4.69, 9.17) is 5.73 Å². The van der Waals surface area contributed by atoms with Gasteiger partial charge in [0, 0.05) is 31.4 Å². The average molecular weight is 248 g/mol. The predicted molar refractivity (Wildman–Crippen MR) is 74.5 cm³/mol. The molecule has 2 atom stereocenters. The molecule has 2 rings (SSSR count). The summed E-state index contributed by atoms with van der Waals surface area (Å²) in [6, 6.07) is 0.582. The third kappa shape index (κ3) is 2.64. The quantitative estimate of drug-likeness (QED) is 0.891.